The van der Waals surface area contributed by atoms with Crippen molar-refractivity contribution in [1.29, 1.82) is 0 Å². The number of aromatic amines is 2. The van der Waals surface area contributed by atoms with Gasteiger partial charge in [-0.1, -0.05) is 0 Å². The maximum atomic E-state index is 12.4. The second kappa shape index (κ2) is 7.49. The van der Waals surface area contributed by atoms with E-state index in [9.17, 15) is 9.59 Å². The Morgan fingerprint density at radius 3 is 2.67 bits per heavy atom. The monoisotopic (exact) mass is 367 g/mol. The molecule has 0 saturated carbocycles. The summed E-state index contributed by atoms with van der Waals surface area (Å²) in [5.41, 5.74) is 5.04. The minimum absolute atomic E-state index is 0.0368. The Balaban J connectivity index is 1.93. The van der Waals surface area contributed by atoms with E-state index >= 15 is 0 Å². The van der Waals surface area contributed by atoms with Gasteiger partial charge in [-0.05, 0) is 37.6 Å². The van der Waals surface area contributed by atoms with Gasteiger partial charge in [0.2, 0.25) is 0 Å². The highest BCUT2D eigenvalue weighted by molar-refractivity contribution is 6.24. The highest BCUT2D eigenvalue weighted by atomic mass is 16.5. The van der Waals surface area contributed by atoms with Crippen LogP contribution in [0.3, 0.4) is 0 Å². The maximum Gasteiger partial charge on any atom is 0.303 e. The summed E-state index contributed by atoms with van der Waals surface area (Å²) in [5.74, 6) is -0.526. The minimum Gasteiger partial charge on any atom is -0.494 e. The van der Waals surface area contributed by atoms with Crippen LogP contribution in [-0.4, -0.2) is 39.6 Å². The Bertz CT molecular complexity index is 975. The highest BCUT2D eigenvalue weighted by Gasteiger charge is 2.24. The van der Waals surface area contributed by atoms with Gasteiger partial charge < -0.3 is 19.8 Å². The molecule has 0 amide bonds. The van der Waals surface area contributed by atoms with Crippen molar-refractivity contribution in [3.8, 4) is 17.1 Å². The van der Waals surface area contributed by atoms with E-state index in [1.165, 1.54) is 0 Å². The molecule has 3 heterocycles. The second-order valence-corrected chi connectivity index (χ2v) is 6.29. The molecule has 0 spiro atoms. The molecule has 0 aromatic carbocycles. The molecule has 2 aromatic rings. The van der Waals surface area contributed by atoms with Crippen LogP contribution in [-0.2, 0) is 9.59 Å². The van der Waals surface area contributed by atoms with Gasteiger partial charge in [-0.15, -0.1) is 0 Å². The van der Waals surface area contributed by atoms with E-state index in [-0.39, 0.29) is 18.6 Å². The van der Waals surface area contributed by atoms with Crippen molar-refractivity contribution in [3.63, 3.8) is 0 Å². The first-order chi connectivity index (χ1) is 12.9. The average molecular weight is 367 g/mol. The maximum absolute atomic E-state index is 12.4. The lowest BCUT2D eigenvalue weighted by Crippen LogP contribution is -2.11. The number of methoxy groups -OCH3 is 1. The molecule has 0 atom stereocenters. The van der Waals surface area contributed by atoms with E-state index in [2.05, 4.69) is 15.0 Å². The van der Waals surface area contributed by atoms with Crippen LogP contribution in [0.1, 0.15) is 32.4 Å². The summed E-state index contributed by atoms with van der Waals surface area (Å²) in [6, 6.07) is 5.75. The van der Waals surface area contributed by atoms with Crippen molar-refractivity contribution in [2.45, 2.75) is 26.7 Å². The van der Waals surface area contributed by atoms with Crippen LogP contribution in [0.15, 0.2) is 46.2 Å². The molecule has 1 aliphatic rings. The number of hydrogen-bond donors (Lipinski definition) is 3. The van der Waals surface area contributed by atoms with Crippen molar-refractivity contribution < 1.29 is 19.4 Å². The summed E-state index contributed by atoms with van der Waals surface area (Å²) in [5, 5.41) is 8.79. The number of H-pyrrole nitrogens is 2. The van der Waals surface area contributed by atoms with E-state index in [1.807, 2.05) is 37.4 Å². The number of Topliss-reactive ketones (excluding diaryl/α,β-unsaturated/α-hetero) is 1. The van der Waals surface area contributed by atoms with Gasteiger partial charge >= 0.3 is 5.97 Å². The lowest BCUT2D eigenvalue weighted by Gasteiger charge is -2.03. The van der Waals surface area contributed by atoms with Gasteiger partial charge in [0.25, 0.3) is 0 Å². The van der Waals surface area contributed by atoms with E-state index in [0.717, 1.165) is 22.7 Å². The van der Waals surface area contributed by atoms with Crippen molar-refractivity contribution in [2.75, 3.05) is 7.11 Å². The Morgan fingerprint density at radius 1 is 1.26 bits per heavy atom. The molecule has 7 nitrogen and oxygen atoms in total. The molecule has 1 aliphatic heterocycles. The molecule has 0 unspecified atom stereocenters. The van der Waals surface area contributed by atoms with Gasteiger partial charge in [0.05, 0.1) is 36.3 Å². The van der Waals surface area contributed by atoms with Crippen LogP contribution in [0.4, 0.5) is 0 Å². The quantitative estimate of drug-likeness (QED) is 0.695. The first-order valence-electron chi connectivity index (χ1n) is 8.55. The van der Waals surface area contributed by atoms with Gasteiger partial charge in [0.1, 0.15) is 5.75 Å². The fourth-order valence-corrected chi connectivity index (χ4v) is 3.12. The number of hydrogen-bond acceptors (Lipinski definition) is 4. The largest absolute Gasteiger partial charge is 0.494 e. The van der Waals surface area contributed by atoms with Crippen molar-refractivity contribution in [1.82, 2.24) is 9.97 Å². The van der Waals surface area contributed by atoms with Gasteiger partial charge in [-0.25, -0.2) is 0 Å². The number of ketones is 1. The molecule has 140 valence electrons. The predicted molar refractivity (Wildman–Crippen MR) is 103 cm³/mol. The molecule has 3 rings (SSSR count). The van der Waals surface area contributed by atoms with Crippen LogP contribution in [0.2, 0.25) is 0 Å². The van der Waals surface area contributed by atoms with Crippen LogP contribution >= 0.6 is 0 Å². The Kier molecular flexibility index (Phi) is 5.12. The molecular weight excluding hydrogens is 346 g/mol. The number of nitrogens with zero attached hydrogens (tertiary/aromatic N) is 1. The first-order valence-corrected chi connectivity index (χ1v) is 8.55. The SMILES string of the molecule is COc1cc(-c2ccc[nH]2)[nH]c1/C=C1\N=C(C)C(C(=O)CCC(=O)O)=C1C. The van der Waals surface area contributed by atoms with Crippen molar-refractivity contribution in [2.24, 2.45) is 4.99 Å². The van der Waals surface area contributed by atoms with Crippen LogP contribution < -0.4 is 4.74 Å². The standard InChI is InChI=1S/C20H21N3O4/c1-11-14(22-12(2)20(11)17(24)6-7-19(25)26)9-16-18(27-3)10-15(23-16)13-5-4-8-21-13/h4-5,8-10,21,23H,6-7H2,1-3H3,(H,25,26)/b14-9-. The zero-order valence-electron chi connectivity index (χ0n) is 15.4. The third kappa shape index (κ3) is 3.76. The van der Waals surface area contributed by atoms with Gasteiger partial charge in [0, 0.05) is 30.0 Å². The van der Waals surface area contributed by atoms with E-state index < -0.39 is 5.97 Å². The number of aromatic nitrogens is 2. The van der Waals surface area contributed by atoms with Gasteiger partial charge in [-0.3, -0.25) is 14.6 Å². The Morgan fingerprint density at radius 2 is 2.04 bits per heavy atom. The van der Waals surface area contributed by atoms with Gasteiger partial charge in [0.15, 0.2) is 5.78 Å². The Labute approximate surface area is 156 Å². The van der Waals surface area contributed by atoms with E-state index in [0.29, 0.717) is 22.7 Å². The average Bonchev–Trinajstić information content (AvgIpc) is 3.33. The lowest BCUT2D eigenvalue weighted by molar-refractivity contribution is -0.138. The minimum atomic E-state index is -0.988. The molecular formula is C20H21N3O4. The van der Waals surface area contributed by atoms with E-state index in [4.69, 9.17) is 9.84 Å². The van der Waals surface area contributed by atoms with Crippen molar-refractivity contribution >= 4 is 23.5 Å². The molecule has 0 aliphatic carbocycles. The van der Waals surface area contributed by atoms with Crippen LogP contribution in [0, 0.1) is 0 Å². The molecule has 3 N–H and O–H groups in total. The number of rotatable bonds is 7. The predicted octanol–water partition coefficient (Wildman–Crippen LogP) is 3.58. The fraction of sp³-hybridized carbons (Fsp3) is 0.250. The number of carbonyl (C=O) groups is 2. The third-order valence-electron chi connectivity index (χ3n) is 4.45. The highest BCUT2D eigenvalue weighted by Crippen LogP contribution is 2.32. The summed E-state index contributed by atoms with van der Waals surface area (Å²) in [6.07, 6.45) is 3.45. The zero-order valence-corrected chi connectivity index (χ0v) is 15.4. The smallest absolute Gasteiger partial charge is 0.303 e. The number of carbonyl (C=O) groups excluding carboxylic acids is 1. The topological polar surface area (TPSA) is 108 Å². The number of nitrogens with one attached hydrogen (secondary N) is 2. The second-order valence-electron chi connectivity index (χ2n) is 6.29. The summed E-state index contributed by atoms with van der Waals surface area (Å²) in [6.45, 7) is 3.58. The van der Waals surface area contributed by atoms with Gasteiger partial charge in [-0.2, -0.15) is 0 Å². The number of allylic oxidation sites excluding steroid dienone is 2. The fourth-order valence-electron chi connectivity index (χ4n) is 3.12. The summed E-state index contributed by atoms with van der Waals surface area (Å²) in [7, 11) is 1.59. The molecule has 0 radical (unpaired) electrons. The number of ether oxygens (including phenoxy) is 1. The molecule has 7 heteroatoms. The molecule has 2 aromatic heterocycles. The molecule has 0 fully saturated rings. The van der Waals surface area contributed by atoms with E-state index in [1.54, 1.807) is 14.0 Å². The van der Waals surface area contributed by atoms with Crippen molar-refractivity contribution in [3.05, 3.63) is 46.9 Å². The summed E-state index contributed by atoms with van der Waals surface area (Å²) >= 11 is 0. The normalized spacial score (nSPS) is 15.4. The number of carboxylic acids is 1. The molecule has 0 bridgehead atoms. The zero-order chi connectivity index (χ0) is 19.6. The summed E-state index contributed by atoms with van der Waals surface area (Å²) < 4.78 is 5.45. The number of aliphatic carboxylic acids is 1. The number of aliphatic imine (C=N–C) groups is 1. The molecule has 0 saturated heterocycles. The lowest BCUT2D eigenvalue weighted by atomic mass is 9.99. The van der Waals surface area contributed by atoms with Crippen LogP contribution in [0.5, 0.6) is 5.75 Å². The molecule has 27 heavy (non-hydrogen) atoms. The third-order valence-corrected chi connectivity index (χ3v) is 4.45. The first kappa shape index (κ1) is 18.4. The Hall–Kier alpha value is -3.35. The summed E-state index contributed by atoms with van der Waals surface area (Å²) in [4.78, 5) is 34.0. The van der Waals surface area contributed by atoms with Crippen LogP contribution in [0.25, 0.3) is 17.5 Å². The number of carboxylic acid groups (broad SMARTS) is 1.